The van der Waals surface area contributed by atoms with E-state index in [0.29, 0.717) is 19.0 Å². The number of rotatable bonds is 7. The minimum atomic E-state index is -3.70. The predicted molar refractivity (Wildman–Crippen MR) is 98.1 cm³/mol. The summed E-state index contributed by atoms with van der Waals surface area (Å²) in [7, 11) is -3.70. The number of aromatic nitrogens is 1. The van der Waals surface area contributed by atoms with Crippen LogP contribution in [0.5, 0.6) is 0 Å². The van der Waals surface area contributed by atoms with E-state index in [2.05, 4.69) is 20.6 Å². The molecule has 6 nitrogen and oxygen atoms in total. The third-order valence-corrected chi connectivity index (χ3v) is 5.86. The van der Waals surface area contributed by atoms with Crippen molar-refractivity contribution in [1.29, 1.82) is 0 Å². The lowest BCUT2D eigenvalue weighted by molar-refractivity contribution is 0.566. The van der Waals surface area contributed by atoms with Gasteiger partial charge in [0.05, 0.1) is 12.3 Å². The number of aryl methyl sites for hydroxylation is 1. The molecule has 0 amide bonds. The van der Waals surface area contributed by atoms with Gasteiger partial charge in [-0.2, -0.15) is 0 Å². The highest BCUT2D eigenvalue weighted by Crippen LogP contribution is 2.15. The average Bonchev–Trinajstić information content (AvgIpc) is 2.98. The number of nitrogens with one attached hydrogen (secondary N) is 2. The van der Waals surface area contributed by atoms with Crippen molar-refractivity contribution in [1.82, 2.24) is 15.6 Å². The van der Waals surface area contributed by atoms with Crippen LogP contribution in [0.2, 0.25) is 0 Å². The molecule has 9 heteroatoms. The lowest BCUT2D eigenvalue weighted by atomic mass is 10.3. The lowest BCUT2D eigenvalue weighted by Gasteiger charge is -2.11. The van der Waals surface area contributed by atoms with Crippen molar-refractivity contribution in [3.8, 4) is 0 Å². The Balaban J connectivity index is 1.95. The maximum Gasteiger partial charge on any atom is 0.191 e. The molecule has 1 aromatic carbocycles. The molecule has 0 aliphatic rings. The van der Waals surface area contributed by atoms with Gasteiger partial charge in [-0.1, -0.05) is 12.1 Å². The normalized spacial score (nSPS) is 12.2. The molecule has 0 spiro atoms. The zero-order chi connectivity index (χ0) is 18.3. The number of guanidine groups is 1. The van der Waals surface area contributed by atoms with Crippen LogP contribution in [0.1, 0.15) is 16.8 Å². The van der Waals surface area contributed by atoms with Crippen molar-refractivity contribution >= 4 is 27.1 Å². The molecule has 1 aromatic heterocycles. The van der Waals surface area contributed by atoms with E-state index in [1.165, 1.54) is 18.2 Å². The van der Waals surface area contributed by atoms with Crippen LogP contribution in [0.15, 0.2) is 40.4 Å². The molecule has 136 valence electrons. The first-order chi connectivity index (χ1) is 11.9. The second-order valence-electron chi connectivity index (χ2n) is 5.24. The molecule has 1 heterocycles. The third kappa shape index (κ3) is 5.79. The Morgan fingerprint density at radius 3 is 2.72 bits per heavy atom. The van der Waals surface area contributed by atoms with Gasteiger partial charge < -0.3 is 10.6 Å². The molecule has 0 aliphatic carbocycles. The number of halogens is 1. The van der Waals surface area contributed by atoms with Crippen molar-refractivity contribution in [2.75, 3.05) is 18.8 Å². The van der Waals surface area contributed by atoms with E-state index in [0.717, 1.165) is 16.0 Å². The summed E-state index contributed by atoms with van der Waals surface area (Å²) in [4.78, 5) is 9.45. The summed E-state index contributed by atoms with van der Waals surface area (Å²) in [5.74, 6) is -0.462. The number of benzene rings is 1. The van der Waals surface area contributed by atoms with E-state index in [4.69, 9.17) is 0 Å². The first-order valence-electron chi connectivity index (χ1n) is 7.83. The van der Waals surface area contributed by atoms with Gasteiger partial charge in [-0.15, -0.1) is 11.3 Å². The van der Waals surface area contributed by atoms with E-state index < -0.39 is 15.7 Å². The second-order valence-corrected chi connectivity index (χ2v) is 8.63. The molecule has 0 radical (unpaired) electrons. The molecule has 2 N–H and O–H groups in total. The summed E-state index contributed by atoms with van der Waals surface area (Å²) in [5.41, 5.74) is 0. The quantitative estimate of drug-likeness (QED) is 0.564. The Morgan fingerprint density at radius 2 is 2.08 bits per heavy atom. The molecule has 0 fully saturated rings. The van der Waals surface area contributed by atoms with Gasteiger partial charge in [0.15, 0.2) is 15.8 Å². The summed E-state index contributed by atoms with van der Waals surface area (Å²) < 4.78 is 38.1. The van der Waals surface area contributed by atoms with Crippen LogP contribution in [0.4, 0.5) is 4.39 Å². The van der Waals surface area contributed by atoms with E-state index >= 15 is 0 Å². The number of thiazole rings is 1. The molecule has 0 saturated heterocycles. The Hall–Kier alpha value is -2.00. The predicted octanol–water partition coefficient (Wildman–Crippen LogP) is 2.12. The van der Waals surface area contributed by atoms with Crippen LogP contribution >= 0.6 is 11.3 Å². The van der Waals surface area contributed by atoms with Crippen molar-refractivity contribution in [3.05, 3.63) is 46.2 Å². The standard InChI is InChI=1S/C16H21FN4O2S2/c1-3-18-16(21-11-15-20-10-12(2)24-15)19-8-9-25(22,23)14-7-5-4-6-13(14)17/h4-7,10H,3,8-9,11H2,1-2H3,(H2,18,19,21). The molecule has 25 heavy (non-hydrogen) atoms. The number of hydrogen-bond donors (Lipinski definition) is 2. The van der Waals surface area contributed by atoms with Gasteiger partial charge in [-0.05, 0) is 26.0 Å². The van der Waals surface area contributed by atoms with Crippen LogP contribution in [-0.2, 0) is 16.4 Å². The van der Waals surface area contributed by atoms with Gasteiger partial charge in [-0.3, -0.25) is 0 Å². The summed E-state index contributed by atoms with van der Waals surface area (Å²) >= 11 is 1.56. The van der Waals surface area contributed by atoms with Crippen molar-refractivity contribution in [2.45, 2.75) is 25.3 Å². The Morgan fingerprint density at radius 1 is 1.32 bits per heavy atom. The van der Waals surface area contributed by atoms with Crippen LogP contribution in [0.25, 0.3) is 0 Å². The summed E-state index contributed by atoms with van der Waals surface area (Å²) in [6, 6.07) is 5.38. The maximum atomic E-state index is 13.7. The van der Waals surface area contributed by atoms with E-state index in [9.17, 15) is 12.8 Å². The monoisotopic (exact) mass is 384 g/mol. The average molecular weight is 385 g/mol. The minimum Gasteiger partial charge on any atom is -0.357 e. The zero-order valence-corrected chi connectivity index (χ0v) is 15.8. The van der Waals surface area contributed by atoms with Crippen molar-refractivity contribution < 1.29 is 12.8 Å². The number of aliphatic imine (C=N–C) groups is 1. The Bertz CT molecular complexity index is 834. The van der Waals surface area contributed by atoms with Crippen LogP contribution in [0.3, 0.4) is 0 Å². The van der Waals surface area contributed by atoms with E-state index in [1.54, 1.807) is 17.5 Å². The van der Waals surface area contributed by atoms with Gasteiger partial charge in [0.25, 0.3) is 0 Å². The minimum absolute atomic E-state index is 0.124. The third-order valence-electron chi connectivity index (χ3n) is 3.22. The molecular weight excluding hydrogens is 363 g/mol. The van der Waals surface area contributed by atoms with Gasteiger partial charge in [-0.25, -0.2) is 22.8 Å². The van der Waals surface area contributed by atoms with Crippen LogP contribution < -0.4 is 10.6 Å². The van der Waals surface area contributed by atoms with Crippen molar-refractivity contribution in [2.24, 2.45) is 4.99 Å². The molecule has 0 aliphatic heterocycles. The molecule has 0 atom stereocenters. The summed E-state index contributed by atoms with van der Waals surface area (Å²) in [5, 5.41) is 6.88. The first-order valence-corrected chi connectivity index (χ1v) is 10.3. The van der Waals surface area contributed by atoms with E-state index in [-0.39, 0.29) is 17.2 Å². The topological polar surface area (TPSA) is 83.4 Å². The molecule has 0 unspecified atom stereocenters. The fraction of sp³-hybridized carbons (Fsp3) is 0.375. The van der Waals surface area contributed by atoms with Crippen LogP contribution in [-0.4, -0.2) is 38.2 Å². The van der Waals surface area contributed by atoms with Gasteiger partial charge in [0.1, 0.15) is 15.7 Å². The highest BCUT2D eigenvalue weighted by Gasteiger charge is 2.18. The highest BCUT2D eigenvalue weighted by atomic mass is 32.2. The van der Waals surface area contributed by atoms with Crippen molar-refractivity contribution in [3.63, 3.8) is 0 Å². The first kappa shape index (κ1) is 19.3. The number of hydrogen-bond acceptors (Lipinski definition) is 5. The molecule has 0 bridgehead atoms. The zero-order valence-electron chi connectivity index (χ0n) is 14.1. The van der Waals surface area contributed by atoms with Crippen LogP contribution in [0, 0.1) is 12.7 Å². The molecule has 0 saturated carbocycles. The van der Waals surface area contributed by atoms with E-state index in [1.807, 2.05) is 13.8 Å². The largest absolute Gasteiger partial charge is 0.357 e. The number of nitrogens with zero attached hydrogens (tertiary/aromatic N) is 2. The second kappa shape index (κ2) is 8.91. The van der Waals surface area contributed by atoms with Gasteiger partial charge in [0, 0.05) is 24.2 Å². The van der Waals surface area contributed by atoms with Gasteiger partial charge in [0.2, 0.25) is 0 Å². The molecule has 2 rings (SSSR count). The molecule has 2 aromatic rings. The SMILES string of the molecule is CCNC(=NCc1ncc(C)s1)NCCS(=O)(=O)c1ccccc1F. The summed E-state index contributed by atoms with van der Waals surface area (Å²) in [6.07, 6.45) is 1.79. The Labute approximate surface area is 151 Å². The summed E-state index contributed by atoms with van der Waals surface area (Å²) in [6.45, 7) is 5.07. The van der Waals surface area contributed by atoms with Gasteiger partial charge >= 0.3 is 0 Å². The Kier molecular flexibility index (Phi) is 6.89. The fourth-order valence-corrected chi connectivity index (χ4v) is 4.03. The fourth-order valence-electron chi connectivity index (χ4n) is 2.07. The number of sulfone groups is 1. The highest BCUT2D eigenvalue weighted by molar-refractivity contribution is 7.91. The lowest BCUT2D eigenvalue weighted by Crippen LogP contribution is -2.39. The maximum absolute atomic E-state index is 13.7. The smallest absolute Gasteiger partial charge is 0.191 e. The molecular formula is C16H21FN4O2S2.